The Hall–Kier alpha value is -1.75. The van der Waals surface area contributed by atoms with Gasteiger partial charge in [0.25, 0.3) is 0 Å². The highest BCUT2D eigenvalue weighted by molar-refractivity contribution is 5.13. The van der Waals surface area contributed by atoms with E-state index in [-0.39, 0.29) is 0 Å². The Labute approximate surface area is 100 Å². The third-order valence-corrected chi connectivity index (χ3v) is 2.54. The second-order valence-electron chi connectivity index (χ2n) is 3.96. The van der Waals surface area contributed by atoms with Crippen LogP contribution >= 0.6 is 0 Å². The molecular weight excluding hydrogens is 216 g/mol. The normalized spacial score (nSPS) is 12.6. The molecule has 1 atom stereocenters. The Balaban J connectivity index is 2.26. The molecule has 1 N–H and O–H groups in total. The lowest BCUT2D eigenvalue weighted by atomic mass is 10.2. The maximum absolute atomic E-state index is 10.2. The smallest absolute Gasteiger partial charge is 0.155 e. The zero-order valence-electron chi connectivity index (χ0n) is 10.0. The summed E-state index contributed by atoms with van der Waals surface area (Å²) >= 11 is 0. The zero-order valence-corrected chi connectivity index (χ0v) is 10.0. The summed E-state index contributed by atoms with van der Waals surface area (Å²) in [6, 6.07) is 0. The molecule has 5 heteroatoms. The van der Waals surface area contributed by atoms with Crippen LogP contribution in [0.15, 0.2) is 24.8 Å². The molecule has 2 aromatic heterocycles. The van der Waals surface area contributed by atoms with Crippen molar-refractivity contribution in [3.05, 3.63) is 42.0 Å². The zero-order chi connectivity index (χ0) is 12.3. The van der Waals surface area contributed by atoms with Crippen molar-refractivity contribution < 1.29 is 5.11 Å². The first-order valence-corrected chi connectivity index (χ1v) is 5.70. The van der Waals surface area contributed by atoms with Gasteiger partial charge in [-0.1, -0.05) is 6.92 Å². The van der Waals surface area contributed by atoms with Gasteiger partial charge in [-0.15, -0.1) is 0 Å². The molecule has 90 valence electrons. The molecule has 1 unspecified atom stereocenters. The molecule has 2 heterocycles. The van der Waals surface area contributed by atoms with Crippen molar-refractivity contribution in [3.63, 3.8) is 0 Å². The number of nitrogens with zero attached hydrogens (tertiary/aromatic N) is 4. The largest absolute Gasteiger partial charge is 0.379 e. The van der Waals surface area contributed by atoms with Crippen LogP contribution in [0.2, 0.25) is 0 Å². The molecule has 0 saturated carbocycles. The summed E-state index contributed by atoms with van der Waals surface area (Å²) in [6.07, 6.45) is 6.97. The molecule has 0 spiro atoms. The maximum atomic E-state index is 10.2. The van der Waals surface area contributed by atoms with Gasteiger partial charge in [-0.05, 0) is 13.3 Å². The van der Waals surface area contributed by atoms with Crippen LogP contribution in [-0.4, -0.2) is 24.6 Å². The molecule has 2 aromatic rings. The predicted molar refractivity (Wildman–Crippen MR) is 63.3 cm³/mol. The van der Waals surface area contributed by atoms with E-state index in [0.29, 0.717) is 11.5 Å². The Morgan fingerprint density at radius 3 is 2.76 bits per heavy atom. The molecule has 0 amide bonds. The van der Waals surface area contributed by atoms with E-state index >= 15 is 0 Å². The lowest BCUT2D eigenvalue weighted by Crippen LogP contribution is -2.11. The fourth-order valence-electron chi connectivity index (χ4n) is 1.67. The predicted octanol–water partition coefficient (Wildman–Crippen LogP) is 1.47. The first-order valence-electron chi connectivity index (χ1n) is 5.70. The van der Waals surface area contributed by atoms with Gasteiger partial charge in [0.15, 0.2) is 6.10 Å². The summed E-state index contributed by atoms with van der Waals surface area (Å²) in [5.74, 6) is 0.616. The summed E-state index contributed by atoms with van der Waals surface area (Å²) in [4.78, 5) is 12.5. The van der Waals surface area contributed by atoms with Crippen LogP contribution in [-0.2, 0) is 6.54 Å². The van der Waals surface area contributed by atoms with E-state index in [1.807, 2.05) is 17.7 Å². The lowest BCUT2D eigenvalue weighted by Gasteiger charge is -2.12. The third-order valence-electron chi connectivity index (χ3n) is 2.54. The topological polar surface area (TPSA) is 63.8 Å². The van der Waals surface area contributed by atoms with Gasteiger partial charge >= 0.3 is 0 Å². The standard InChI is InChI=1S/C12H16N4O/c1-3-5-16-6-4-13-12(16)11(17)10-8-14-9(2)7-15-10/h4,6-8,11,17H,3,5H2,1-2H3. The first kappa shape index (κ1) is 11.7. The van der Waals surface area contributed by atoms with Gasteiger partial charge in [0.1, 0.15) is 5.82 Å². The minimum atomic E-state index is -0.815. The highest BCUT2D eigenvalue weighted by Gasteiger charge is 2.17. The number of imidazole rings is 1. The second-order valence-corrected chi connectivity index (χ2v) is 3.96. The number of rotatable bonds is 4. The summed E-state index contributed by atoms with van der Waals surface area (Å²) < 4.78 is 1.94. The molecule has 0 bridgehead atoms. The van der Waals surface area contributed by atoms with E-state index in [4.69, 9.17) is 0 Å². The van der Waals surface area contributed by atoms with E-state index in [1.165, 1.54) is 0 Å². The molecule has 0 aliphatic heterocycles. The number of hydrogen-bond donors (Lipinski definition) is 1. The summed E-state index contributed by atoms with van der Waals surface area (Å²) in [5, 5.41) is 10.2. The average Bonchev–Trinajstić information content (AvgIpc) is 2.78. The van der Waals surface area contributed by atoms with Crippen LogP contribution in [0.25, 0.3) is 0 Å². The molecule has 2 rings (SSSR count). The average molecular weight is 232 g/mol. The van der Waals surface area contributed by atoms with E-state index < -0.39 is 6.10 Å². The second kappa shape index (κ2) is 5.05. The van der Waals surface area contributed by atoms with Crippen molar-refractivity contribution >= 4 is 0 Å². The third kappa shape index (κ3) is 2.50. The SMILES string of the molecule is CCCn1ccnc1C(O)c1cnc(C)cn1. The van der Waals surface area contributed by atoms with Crippen molar-refractivity contribution in [2.24, 2.45) is 0 Å². The molecule has 0 aromatic carbocycles. The molecule has 0 saturated heterocycles. The molecule has 0 aliphatic rings. The number of aryl methyl sites for hydroxylation is 2. The van der Waals surface area contributed by atoms with Crippen molar-refractivity contribution in [2.75, 3.05) is 0 Å². The molecular formula is C12H16N4O. The van der Waals surface area contributed by atoms with Crippen LogP contribution in [0.5, 0.6) is 0 Å². The highest BCUT2D eigenvalue weighted by atomic mass is 16.3. The van der Waals surface area contributed by atoms with Gasteiger partial charge in [-0.25, -0.2) is 4.98 Å². The quantitative estimate of drug-likeness (QED) is 0.867. The Kier molecular flexibility index (Phi) is 3.49. The van der Waals surface area contributed by atoms with E-state index in [2.05, 4.69) is 21.9 Å². The molecule has 5 nitrogen and oxygen atoms in total. The van der Waals surface area contributed by atoms with Gasteiger partial charge < -0.3 is 9.67 Å². The van der Waals surface area contributed by atoms with Crippen molar-refractivity contribution in [1.29, 1.82) is 0 Å². The first-order chi connectivity index (χ1) is 8.22. The Morgan fingerprint density at radius 1 is 1.29 bits per heavy atom. The Morgan fingerprint density at radius 2 is 2.12 bits per heavy atom. The Bertz CT molecular complexity index is 478. The highest BCUT2D eigenvalue weighted by Crippen LogP contribution is 2.18. The number of aliphatic hydroxyl groups is 1. The molecule has 17 heavy (non-hydrogen) atoms. The van der Waals surface area contributed by atoms with Crippen molar-refractivity contribution in [3.8, 4) is 0 Å². The minimum absolute atomic E-state index is 0.527. The summed E-state index contributed by atoms with van der Waals surface area (Å²) in [7, 11) is 0. The molecule has 0 radical (unpaired) electrons. The van der Waals surface area contributed by atoms with Crippen LogP contribution in [0, 0.1) is 6.92 Å². The van der Waals surface area contributed by atoms with Gasteiger partial charge in [-0.3, -0.25) is 9.97 Å². The fraction of sp³-hybridized carbons (Fsp3) is 0.417. The van der Waals surface area contributed by atoms with Crippen molar-refractivity contribution in [1.82, 2.24) is 19.5 Å². The number of aliphatic hydroxyl groups excluding tert-OH is 1. The summed E-state index contributed by atoms with van der Waals surface area (Å²) in [5.41, 5.74) is 1.36. The van der Waals surface area contributed by atoms with Crippen molar-refractivity contribution in [2.45, 2.75) is 32.9 Å². The monoisotopic (exact) mass is 232 g/mol. The summed E-state index contributed by atoms with van der Waals surface area (Å²) in [6.45, 7) is 4.79. The van der Waals surface area contributed by atoms with Gasteiger partial charge in [0.2, 0.25) is 0 Å². The van der Waals surface area contributed by atoms with E-state index in [0.717, 1.165) is 18.7 Å². The van der Waals surface area contributed by atoms with Gasteiger partial charge in [-0.2, -0.15) is 0 Å². The van der Waals surface area contributed by atoms with Gasteiger partial charge in [0.05, 0.1) is 17.6 Å². The van der Waals surface area contributed by atoms with Crippen LogP contribution in [0.3, 0.4) is 0 Å². The van der Waals surface area contributed by atoms with Crippen LogP contribution < -0.4 is 0 Å². The van der Waals surface area contributed by atoms with E-state index in [1.54, 1.807) is 18.6 Å². The number of aromatic nitrogens is 4. The van der Waals surface area contributed by atoms with Crippen LogP contribution in [0.4, 0.5) is 0 Å². The lowest BCUT2D eigenvalue weighted by molar-refractivity contribution is 0.199. The van der Waals surface area contributed by atoms with Crippen LogP contribution in [0.1, 0.15) is 36.7 Å². The minimum Gasteiger partial charge on any atom is -0.379 e. The fourth-order valence-corrected chi connectivity index (χ4v) is 1.67. The molecule has 0 fully saturated rings. The van der Waals surface area contributed by atoms with Gasteiger partial charge in [0, 0.05) is 25.1 Å². The number of hydrogen-bond acceptors (Lipinski definition) is 4. The van der Waals surface area contributed by atoms with E-state index in [9.17, 15) is 5.11 Å². The maximum Gasteiger partial charge on any atom is 0.155 e. The molecule has 0 aliphatic carbocycles.